The number of hydrogen-bond donors (Lipinski definition) is 0. The molecule has 0 bridgehead atoms. The van der Waals surface area contributed by atoms with Crippen LogP contribution in [-0.2, 0) is 6.42 Å². The van der Waals surface area contributed by atoms with Gasteiger partial charge in [-0.2, -0.15) is 0 Å². The standard InChI is InChI=1S/C19H15F3O/c1-3-11-10-13-6-9-15(12-4-7-14(23-2)8-5-12)18(21)16(13)19(22)17(11)20/h4-10H,3H2,1-2H3. The topological polar surface area (TPSA) is 9.23 Å². The van der Waals surface area contributed by atoms with Crippen LogP contribution in [-0.4, -0.2) is 7.11 Å². The first-order chi connectivity index (χ1) is 11.1. The van der Waals surface area contributed by atoms with E-state index in [0.717, 1.165) is 0 Å². The minimum atomic E-state index is -1.13. The highest BCUT2D eigenvalue weighted by Gasteiger charge is 2.18. The third kappa shape index (κ3) is 2.54. The van der Waals surface area contributed by atoms with Gasteiger partial charge in [-0.25, -0.2) is 13.2 Å². The number of hydrogen-bond acceptors (Lipinski definition) is 1. The number of ether oxygens (including phenoxy) is 1. The number of methoxy groups -OCH3 is 1. The maximum Gasteiger partial charge on any atom is 0.169 e. The van der Waals surface area contributed by atoms with E-state index in [0.29, 0.717) is 23.1 Å². The summed E-state index contributed by atoms with van der Waals surface area (Å²) >= 11 is 0. The molecule has 0 aliphatic rings. The Bertz CT molecular complexity index is 870. The molecular weight excluding hydrogens is 301 g/mol. The van der Waals surface area contributed by atoms with Crippen LogP contribution in [0.15, 0.2) is 42.5 Å². The Kier molecular flexibility index (Phi) is 3.99. The SMILES string of the molecule is CCc1cc2ccc(-c3ccc(OC)cc3)c(F)c2c(F)c1F. The number of fused-ring (bicyclic) bond motifs is 1. The van der Waals surface area contributed by atoms with E-state index < -0.39 is 17.5 Å². The molecule has 4 heteroatoms. The van der Waals surface area contributed by atoms with Crippen molar-refractivity contribution in [1.29, 1.82) is 0 Å². The monoisotopic (exact) mass is 316 g/mol. The van der Waals surface area contributed by atoms with Crippen LogP contribution in [0, 0.1) is 17.5 Å². The first-order valence-electron chi connectivity index (χ1n) is 7.30. The zero-order valence-corrected chi connectivity index (χ0v) is 12.8. The van der Waals surface area contributed by atoms with E-state index in [1.807, 2.05) is 0 Å². The predicted octanol–water partition coefficient (Wildman–Crippen LogP) is 5.50. The first-order valence-corrected chi connectivity index (χ1v) is 7.30. The van der Waals surface area contributed by atoms with E-state index in [-0.39, 0.29) is 16.5 Å². The van der Waals surface area contributed by atoms with Gasteiger partial charge in [0.1, 0.15) is 11.6 Å². The third-order valence-electron chi connectivity index (χ3n) is 3.98. The van der Waals surface area contributed by atoms with Crippen LogP contribution in [0.5, 0.6) is 5.75 Å². The quantitative estimate of drug-likeness (QED) is 0.620. The first kappa shape index (κ1) is 15.4. The summed E-state index contributed by atoms with van der Waals surface area (Å²) in [5, 5.41) is 0.0449. The average molecular weight is 316 g/mol. The van der Waals surface area contributed by atoms with E-state index in [4.69, 9.17) is 4.74 Å². The summed E-state index contributed by atoms with van der Waals surface area (Å²) in [7, 11) is 1.54. The third-order valence-corrected chi connectivity index (χ3v) is 3.98. The Labute approximate surface area is 132 Å². The summed E-state index contributed by atoms with van der Waals surface area (Å²) in [6.45, 7) is 1.73. The Hall–Kier alpha value is -2.49. The molecule has 0 unspecified atom stereocenters. The smallest absolute Gasteiger partial charge is 0.169 e. The average Bonchev–Trinajstić information content (AvgIpc) is 2.58. The molecule has 0 aliphatic carbocycles. The largest absolute Gasteiger partial charge is 0.497 e. The van der Waals surface area contributed by atoms with E-state index >= 15 is 0 Å². The van der Waals surface area contributed by atoms with Crippen molar-refractivity contribution in [3.05, 3.63) is 65.5 Å². The van der Waals surface area contributed by atoms with Crippen molar-refractivity contribution in [3.8, 4) is 16.9 Å². The Balaban J connectivity index is 2.23. The van der Waals surface area contributed by atoms with Gasteiger partial charge in [0, 0.05) is 5.56 Å². The van der Waals surface area contributed by atoms with Gasteiger partial charge >= 0.3 is 0 Å². The summed E-state index contributed by atoms with van der Waals surface area (Å²) in [5.41, 5.74) is 1.04. The lowest BCUT2D eigenvalue weighted by atomic mass is 9.97. The van der Waals surface area contributed by atoms with Crippen LogP contribution in [0.3, 0.4) is 0 Å². The zero-order valence-electron chi connectivity index (χ0n) is 12.8. The number of aryl methyl sites for hydroxylation is 1. The maximum absolute atomic E-state index is 14.8. The summed E-state index contributed by atoms with van der Waals surface area (Å²) in [4.78, 5) is 0. The fourth-order valence-electron chi connectivity index (χ4n) is 2.69. The lowest BCUT2D eigenvalue weighted by Crippen LogP contribution is -1.98. The molecule has 0 amide bonds. The normalized spacial score (nSPS) is 11.0. The molecule has 0 fully saturated rings. The van der Waals surface area contributed by atoms with Gasteiger partial charge in [-0.1, -0.05) is 31.2 Å². The fourth-order valence-corrected chi connectivity index (χ4v) is 2.69. The van der Waals surface area contributed by atoms with Crippen molar-refractivity contribution in [3.63, 3.8) is 0 Å². The van der Waals surface area contributed by atoms with Crippen LogP contribution in [0.1, 0.15) is 12.5 Å². The van der Waals surface area contributed by atoms with Crippen LogP contribution in [0.4, 0.5) is 13.2 Å². The summed E-state index contributed by atoms with van der Waals surface area (Å²) in [6, 6.07) is 11.4. The summed E-state index contributed by atoms with van der Waals surface area (Å²) < 4.78 is 48.1. The molecule has 0 aliphatic heterocycles. The maximum atomic E-state index is 14.8. The minimum Gasteiger partial charge on any atom is -0.497 e. The molecule has 0 radical (unpaired) electrons. The van der Waals surface area contributed by atoms with Gasteiger partial charge in [0.05, 0.1) is 12.5 Å². The van der Waals surface area contributed by atoms with Gasteiger partial charge in [0.15, 0.2) is 11.6 Å². The minimum absolute atomic E-state index is 0.225. The van der Waals surface area contributed by atoms with Gasteiger partial charge < -0.3 is 4.74 Å². The highest BCUT2D eigenvalue weighted by Crippen LogP contribution is 2.33. The van der Waals surface area contributed by atoms with E-state index in [1.54, 1.807) is 43.3 Å². The molecule has 0 saturated heterocycles. The van der Waals surface area contributed by atoms with Crippen molar-refractivity contribution < 1.29 is 17.9 Å². The predicted molar refractivity (Wildman–Crippen MR) is 85.2 cm³/mol. The molecule has 118 valence electrons. The summed E-state index contributed by atoms with van der Waals surface area (Å²) in [5.74, 6) is -2.23. The van der Waals surface area contributed by atoms with Gasteiger partial charge in [0.2, 0.25) is 0 Å². The molecule has 0 atom stereocenters. The van der Waals surface area contributed by atoms with Crippen LogP contribution >= 0.6 is 0 Å². The highest BCUT2D eigenvalue weighted by atomic mass is 19.2. The second-order valence-corrected chi connectivity index (χ2v) is 5.27. The molecule has 0 N–H and O–H groups in total. The molecule has 1 nitrogen and oxygen atoms in total. The van der Waals surface area contributed by atoms with E-state index in [2.05, 4.69) is 0 Å². The molecule has 3 aromatic carbocycles. The number of rotatable bonds is 3. The van der Waals surface area contributed by atoms with Gasteiger partial charge in [-0.05, 0) is 41.1 Å². The summed E-state index contributed by atoms with van der Waals surface area (Å²) in [6.07, 6.45) is 0.348. The number of benzene rings is 3. The van der Waals surface area contributed by atoms with Gasteiger partial charge in [-0.15, -0.1) is 0 Å². The van der Waals surface area contributed by atoms with Crippen LogP contribution in [0.2, 0.25) is 0 Å². The van der Waals surface area contributed by atoms with E-state index in [9.17, 15) is 13.2 Å². The lowest BCUT2D eigenvalue weighted by Gasteiger charge is -2.11. The molecule has 3 rings (SSSR count). The Morgan fingerprint density at radius 1 is 0.870 bits per heavy atom. The molecule has 23 heavy (non-hydrogen) atoms. The fraction of sp³-hybridized carbons (Fsp3) is 0.158. The van der Waals surface area contributed by atoms with Crippen molar-refractivity contribution >= 4 is 10.8 Å². The van der Waals surface area contributed by atoms with Crippen molar-refractivity contribution in [2.45, 2.75) is 13.3 Å². The molecule has 3 aromatic rings. The zero-order chi connectivity index (χ0) is 16.6. The Morgan fingerprint density at radius 3 is 2.17 bits per heavy atom. The van der Waals surface area contributed by atoms with Crippen LogP contribution in [0.25, 0.3) is 21.9 Å². The molecular formula is C19H15F3O. The second-order valence-electron chi connectivity index (χ2n) is 5.27. The molecule has 0 heterocycles. The molecule has 0 spiro atoms. The van der Waals surface area contributed by atoms with Crippen LogP contribution < -0.4 is 4.74 Å². The molecule has 0 aromatic heterocycles. The Morgan fingerprint density at radius 2 is 1.57 bits per heavy atom. The molecule has 0 saturated carbocycles. The highest BCUT2D eigenvalue weighted by molar-refractivity contribution is 5.89. The van der Waals surface area contributed by atoms with Gasteiger partial charge in [-0.3, -0.25) is 0 Å². The second kappa shape index (κ2) is 5.95. The number of halogens is 3. The van der Waals surface area contributed by atoms with Crippen molar-refractivity contribution in [1.82, 2.24) is 0 Å². The van der Waals surface area contributed by atoms with E-state index in [1.165, 1.54) is 13.2 Å². The lowest BCUT2D eigenvalue weighted by molar-refractivity contribution is 0.415. The van der Waals surface area contributed by atoms with Crippen molar-refractivity contribution in [2.75, 3.05) is 7.11 Å². The van der Waals surface area contributed by atoms with Crippen molar-refractivity contribution in [2.24, 2.45) is 0 Å². The van der Waals surface area contributed by atoms with Gasteiger partial charge in [0.25, 0.3) is 0 Å².